The second-order valence-corrected chi connectivity index (χ2v) is 19.0. The van der Waals surface area contributed by atoms with Gasteiger partial charge in [0.2, 0.25) is 5.91 Å². The molecule has 0 saturated carbocycles. The fraction of sp³-hybridized carbons (Fsp3) is 0.980. The zero-order valence-electron chi connectivity index (χ0n) is 40.1. The van der Waals surface area contributed by atoms with Crippen LogP contribution in [0.3, 0.4) is 0 Å². The quantitative estimate of drug-likeness (QED) is 0.0273. The second-order valence-electron chi connectivity index (χ2n) is 19.0. The zero-order valence-corrected chi connectivity index (χ0v) is 40.1. The van der Waals surface area contributed by atoms with Crippen molar-refractivity contribution in [3.63, 3.8) is 0 Å². The van der Waals surface area contributed by atoms with Gasteiger partial charge in [0.25, 0.3) is 0 Å². The molecule has 370 valence electrons. The number of ether oxygens (including phenoxy) is 2. The lowest BCUT2D eigenvalue weighted by atomic mass is 9.98. The Bertz CT molecular complexity index is 975. The molecule has 0 spiro atoms. The van der Waals surface area contributed by atoms with E-state index in [9.17, 15) is 40.5 Å². The summed E-state index contributed by atoms with van der Waals surface area (Å²) in [6.45, 7) is 3.48. The lowest BCUT2D eigenvalue weighted by Gasteiger charge is -2.40. The highest BCUT2D eigenvalue weighted by Crippen LogP contribution is 2.23. The van der Waals surface area contributed by atoms with E-state index in [1.54, 1.807) is 0 Å². The molecule has 0 bridgehead atoms. The van der Waals surface area contributed by atoms with E-state index in [-0.39, 0.29) is 6.42 Å². The third-order valence-corrected chi connectivity index (χ3v) is 13.2. The maximum atomic E-state index is 13.1. The minimum Gasteiger partial charge on any atom is -0.394 e. The molecular formula is C51H101NO10. The summed E-state index contributed by atoms with van der Waals surface area (Å²) in [4.78, 5) is 13.1. The molecule has 8 N–H and O–H groups in total. The van der Waals surface area contributed by atoms with E-state index < -0.39 is 74.2 Å². The molecule has 0 aromatic rings. The number of amides is 1. The lowest BCUT2D eigenvalue weighted by Crippen LogP contribution is -2.60. The second kappa shape index (κ2) is 41.5. The number of rotatable bonds is 45. The number of hydrogen-bond donors (Lipinski definition) is 8. The van der Waals surface area contributed by atoms with Crippen molar-refractivity contribution in [3.8, 4) is 0 Å². The molecule has 11 heteroatoms. The molecule has 1 heterocycles. The van der Waals surface area contributed by atoms with E-state index in [1.165, 1.54) is 173 Å². The standard InChI is InChI=1S/C51H101NO10/c1-3-5-7-9-11-13-15-17-19-21-23-24-26-28-30-32-34-36-38-43(54)46(56)42(41-61-51-49(59)48(58)47(57)45(40-53)62-51)52-50(60)44(55)39-37-35-33-31-29-27-25-22-20-18-16-14-12-10-8-6-4-2/h42-49,51,53-59H,3-41H2,1-2H3,(H,52,60). The van der Waals surface area contributed by atoms with Crippen LogP contribution in [0.2, 0.25) is 0 Å². The third-order valence-electron chi connectivity index (χ3n) is 13.2. The Morgan fingerprint density at radius 3 is 1.19 bits per heavy atom. The molecule has 1 aliphatic rings. The summed E-state index contributed by atoms with van der Waals surface area (Å²) in [6.07, 6.45) is 32.8. The smallest absolute Gasteiger partial charge is 0.249 e. The van der Waals surface area contributed by atoms with Gasteiger partial charge in [0.1, 0.15) is 36.6 Å². The van der Waals surface area contributed by atoms with Gasteiger partial charge in [-0.2, -0.15) is 0 Å². The minimum absolute atomic E-state index is 0.267. The van der Waals surface area contributed by atoms with Crippen LogP contribution in [0.1, 0.15) is 251 Å². The van der Waals surface area contributed by atoms with Crippen LogP contribution in [0.25, 0.3) is 0 Å². The van der Waals surface area contributed by atoms with Crippen molar-refractivity contribution in [2.24, 2.45) is 0 Å². The Hall–Kier alpha value is -0.890. The molecular weight excluding hydrogens is 787 g/mol. The Morgan fingerprint density at radius 2 is 0.839 bits per heavy atom. The normalized spacial score (nSPS) is 21.2. The zero-order chi connectivity index (χ0) is 45.5. The van der Waals surface area contributed by atoms with E-state index in [1.807, 2.05) is 0 Å². The van der Waals surface area contributed by atoms with E-state index >= 15 is 0 Å². The van der Waals surface area contributed by atoms with Gasteiger partial charge in [-0.15, -0.1) is 0 Å². The largest absolute Gasteiger partial charge is 0.394 e. The van der Waals surface area contributed by atoms with E-state index in [0.717, 1.165) is 38.5 Å². The maximum absolute atomic E-state index is 13.1. The van der Waals surface area contributed by atoms with Crippen molar-refractivity contribution in [3.05, 3.63) is 0 Å². The van der Waals surface area contributed by atoms with E-state index in [4.69, 9.17) is 9.47 Å². The van der Waals surface area contributed by atoms with Crippen molar-refractivity contribution in [2.45, 2.75) is 306 Å². The SMILES string of the molecule is CCCCCCCCCCCCCCCCCCCCC(O)C(O)C(COC1OC(CO)C(O)C(O)C1O)NC(=O)C(O)CCCCCCCCCCCCCCCCCCC. The monoisotopic (exact) mass is 888 g/mol. The maximum Gasteiger partial charge on any atom is 0.249 e. The van der Waals surface area contributed by atoms with Gasteiger partial charge < -0.3 is 50.5 Å². The molecule has 1 saturated heterocycles. The topological polar surface area (TPSA) is 189 Å². The Balaban J connectivity index is 2.37. The molecule has 9 unspecified atom stereocenters. The molecule has 11 nitrogen and oxygen atoms in total. The summed E-state index contributed by atoms with van der Waals surface area (Å²) >= 11 is 0. The van der Waals surface area contributed by atoms with Crippen LogP contribution in [0, 0.1) is 0 Å². The summed E-state index contributed by atoms with van der Waals surface area (Å²) in [6, 6.07) is -1.16. The first-order valence-corrected chi connectivity index (χ1v) is 26.4. The van der Waals surface area contributed by atoms with Crippen molar-refractivity contribution < 1.29 is 50.0 Å². The number of carbonyl (C=O) groups excluding carboxylic acids is 1. The molecule has 0 radical (unpaired) electrons. The highest BCUT2D eigenvalue weighted by molar-refractivity contribution is 5.80. The van der Waals surface area contributed by atoms with Crippen molar-refractivity contribution >= 4 is 5.91 Å². The first-order chi connectivity index (χ1) is 30.2. The summed E-state index contributed by atoms with van der Waals surface area (Å²) < 4.78 is 11.1. The Morgan fingerprint density at radius 1 is 0.500 bits per heavy atom. The predicted octanol–water partition coefficient (Wildman–Crippen LogP) is 9.84. The average molecular weight is 888 g/mol. The van der Waals surface area contributed by atoms with Crippen molar-refractivity contribution in [1.82, 2.24) is 5.32 Å². The molecule has 1 rings (SSSR count). The van der Waals surface area contributed by atoms with Gasteiger partial charge in [-0.1, -0.05) is 239 Å². The predicted molar refractivity (Wildman–Crippen MR) is 252 cm³/mol. The number of hydrogen-bond acceptors (Lipinski definition) is 10. The van der Waals surface area contributed by atoms with Crippen LogP contribution in [0.5, 0.6) is 0 Å². The molecule has 0 aromatic carbocycles. The minimum atomic E-state index is -1.66. The lowest BCUT2D eigenvalue weighted by molar-refractivity contribution is -0.303. The highest BCUT2D eigenvalue weighted by atomic mass is 16.7. The Kier molecular flexibility index (Phi) is 39.6. The van der Waals surface area contributed by atoms with Crippen LogP contribution in [0.4, 0.5) is 0 Å². The van der Waals surface area contributed by atoms with Crippen LogP contribution in [0.15, 0.2) is 0 Å². The average Bonchev–Trinajstić information content (AvgIpc) is 3.27. The molecule has 0 aromatic heterocycles. The van der Waals surface area contributed by atoms with Gasteiger partial charge in [0, 0.05) is 0 Å². The summed E-state index contributed by atoms with van der Waals surface area (Å²) in [5, 5.41) is 76.0. The first-order valence-electron chi connectivity index (χ1n) is 26.4. The van der Waals surface area contributed by atoms with Gasteiger partial charge in [-0.25, -0.2) is 0 Å². The fourth-order valence-electron chi connectivity index (χ4n) is 8.80. The fourth-order valence-corrected chi connectivity index (χ4v) is 8.80. The van der Waals surface area contributed by atoms with Crippen LogP contribution in [-0.4, -0.2) is 110 Å². The summed E-state index contributed by atoms with van der Waals surface area (Å²) in [7, 11) is 0. The van der Waals surface area contributed by atoms with Gasteiger partial charge >= 0.3 is 0 Å². The molecule has 1 aliphatic heterocycles. The number of carbonyl (C=O) groups is 1. The summed E-state index contributed by atoms with van der Waals surface area (Å²) in [5.74, 6) is -0.691. The molecule has 9 atom stereocenters. The van der Waals surface area contributed by atoms with Gasteiger partial charge in [-0.05, 0) is 12.8 Å². The van der Waals surface area contributed by atoms with Gasteiger partial charge in [0.15, 0.2) is 6.29 Å². The van der Waals surface area contributed by atoms with Gasteiger partial charge in [-0.3, -0.25) is 4.79 Å². The molecule has 62 heavy (non-hydrogen) atoms. The Labute approximate surface area is 379 Å². The number of aliphatic hydroxyl groups is 7. The third kappa shape index (κ3) is 30.3. The number of nitrogens with one attached hydrogen (secondary N) is 1. The highest BCUT2D eigenvalue weighted by Gasteiger charge is 2.44. The molecule has 1 amide bonds. The molecule has 0 aliphatic carbocycles. The summed E-state index contributed by atoms with van der Waals surface area (Å²) in [5.41, 5.74) is 0. The van der Waals surface area contributed by atoms with Crippen LogP contribution in [-0.2, 0) is 14.3 Å². The first kappa shape index (κ1) is 59.1. The van der Waals surface area contributed by atoms with E-state index in [0.29, 0.717) is 19.3 Å². The van der Waals surface area contributed by atoms with Crippen molar-refractivity contribution in [1.29, 1.82) is 0 Å². The number of unbranched alkanes of at least 4 members (excludes halogenated alkanes) is 33. The number of aliphatic hydroxyl groups excluding tert-OH is 7. The van der Waals surface area contributed by atoms with Crippen molar-refractivity contribution in [2.75, 3.05) is 13.2 Å². The molecule has 1 fully saturated rings. The van der Waals surface area contributed by atoms with Gasteiger partial charge in [0.05, 0.1) is 25.4 Å². The van der Waals surface area contributed by atoms with E-state index in [2.05, 4.69) is 19.2 Å². The van der Waals surface area contributed by atoms with Crippen LogP contribution < -0.4 is 5.32 Å². The van der Waals surface area contributed by atoms with Crippen LogP contribution >= 0.6 is 0 Å².